The van der Waals surface area contributed by atoms with Gasteiger partial charge in [-0.2, -0.15) is 0 Å². The Kier molecular flexibility index (Phi) is 4.61. The number of aromatic nitrogens is 1. The normalized spacial score (nSPS) is 12.2. The van der Waals surface area contributed by atoms with Crippen molar-refractivity contribution in [3.63, 3.8) is 0 Å². The van der Waals surface area contributed by atoms with Crippen LogP contribution < -0.4 is 5.32 Å². The van der Waals surface area contributed by atoms with Crippen LogP contribution in [-0.4, -0.2) is 22.0 Å². The first-order chi connectivity index (χ1) is 11.5. The number of benzene rings is 1. The Morgan fingerprint density at radius 1 is 1.33 bits per heavy atom. The number of nitrogens with one attached hydrogen (secondary N) is 2. The van der Waals surface area contributed by atoms with Gasteiger partial charge >= 0.3 is 5.97 Å². The SMILES string of the molecule is O=C(O)CC(NC(=O)Cc1c[nH]c2cc(F)ccc12)c1cccs1. The van der Waals surface area contributed by atoms with Crippen molar-refractivity contribution in [1.82, 2.24) is 10.3 Å². The molecule has 2 aromatic heterocycles. The number of halogens is 1. The number of H-pyrrole nitrogens is 1. The third-order valence-electron chi connectivity index (χ3n) is 3.68. The largest absolute Gasteiger partial charge is 0.481 e. The standard InChI is InChI=1S/C17H15FN2O3S/c18-11-3-4-12-10(9-19-13(12)7-11)6-16(21)20-14(8-17(22)23)15-2-1-5-24-15/h1-5,7,9,14,19H,6,8H2,(H,20,21)(H,22,23). The summed E-state index contributed by atoms with van der Waals surface area (Å²) in [6.07, 6.45) is 1.58. The second-order valence-corrected chi connectivity index (χ2v) is 6.39. The molecule has 0 saturated carbocycles. The van der Waals surface area contributed by atoms with Crippen molar-refractivity contribution in [1.29, 1.82) is 0 Å². The lowest BCUT2D eigenvalue weighted by atomic mass is 10.1. The Morgan fingerprint density at radius 3 is 2.88 bits per heavy atom. The molecule has 3 aromatic rings. The summed E-state index contributed by atoms with van der Waals surface area (Å²) in [7, 11) is 0. The van der Waals surface area contributed by atoms with Crippen molar-refractivity contribution < 1.29 is 19.1 Å². The number of carbonyl (C=O) groups excluding carboxylic acids is 1. The number of fused-ring (bicyclic) bond motifs is 1. The van der Waals surface area contributed by atoms with E-state index in [2.05, 4.69) is 10.3 Å². The van der Waals surface area contributed by atoms with Crippen molar-refractivity contribution in [3.8, 4) is 0 Å². The number of hydrogen-bond donors (Lipinski definition) is 3. The number of carbonyl (C=O) groups is 2. The Hall–Kier alpha value is -2.67. The van der Waals surface area contributed by atoms with Gasteiger partial charge in [-0.25, -0.2) is 4.39 Å². The van der Waals surface area contributed by atoms with E-state index < -0.39 is 12.0 Å². The molecular formula is C17H15FN2O3S. The van der Waals surface area contributed by atoms with Gasteiger partial charge in [-0.15, -0.1) is 11.3 Å². The summed E-state index contributed by atoms with van der Waals surface area (Å²) in [6, 6.07) is 7.39. The zero-order valence-electron chi connectivity index (χ0n) is 12.6. The first-order valence-electron chi connectivity index (χ1n) is 7.33. The first-order valence-corrected chi connectivity index (χ1v) is 8.21. The molecule has 1 amide bonds. The summed E-state index contributed by atoms with van der Waals surface area (Å²) < 4.78 is 13.2. The maximum atomic E-state index is 13.2. The minimum atomic E-state index is -0.976. The molecule has 0 aliphatic carbocycles. The van der Waals surface area contributed by atoms with Crippen LogP contribution in [0.1, 0.15) is 22.9 Å². The molecule has 0 aliphatic rings. The topological polar surface area (TPSA) is 82.2 Å². The van der Waals surface area contributed by atoms with Gasteiger partial charge < -0.3 is 15.4 Å². The van der Waals surface area contributed by atoms with E-state index in [0.717, 1.165) is 15.8 Å². The molecule has 0 fully saturated rings. The molecule has 1 unspecified atom stereocenters. The number of hydrogen-bond acceptors (Lipinski definition) is 3. The third-order valence-corrected chi connectivity index (χ3v) is 4.67. The minimum Gasteiger partial charge on any atom is -0.481 e. The van der Waals surface area contributed by atoms with Gasteiger partial charge in [-0.1, -0.05) is 6.07 Å². The van der Waals surface area contributed by atoms with E-state index in [1.54, 1.807) is 18.3 Å². The Balaban J connectivity index is 1.74. The second-order valence-electron chi connectivity index (χ2n) is 5.41. The fourth-order valence-corrected chi connectivity index (χ4v) is 3.39. The van der Waals surface area contributed by atoms with Crippen LogP contribution >= 0.6 is 11.3 Å². The van der Waals surface area contributed by atoms with Gasteiger partial charge in [0.15, 0.2) is 0 Å². The number of carboxylic acid groups (broad SMARTS) is 1. The first kappa shape index (κ1) is 16.2. The van der Waals surface area contributed by atoms with Gasteiger partial charge in [-0.05, 0) is 35.2 Å². The number of aromatic amines is 1. The van der Waals surface area contributed by atoms with Crippen LogP contribution in [0, 0.1) is 5.82 Å². The highest BCUT2D eigenvalue weighted by atomic mass is 32.1. The quantitative estimate of drug-likeness (QED) is 0.641. The molecule has 0 radical (unpaired) electrons. The molecule has 24 heavy (non-hydrogen) atoms. The molecule has 3 N–H and O–H groups in total. The van der Waals surface area contributed by atoms with Crippen LogP contribution in [0.25, 0.3) is 10.9 Å². The van der Waals surface area contributed by atoms with Gasteiger partial charge in [-0.3, -0.25) is 9.59 Å². The fraction of sp³-hybridized carbons (Fsp3) is 0.176. The summed E-state index contributed by atoms with van der Waals surface area (Å²) >= 11 is 1.40. The van der Waals surface area contributed by atoms with Crippen molar-refractivity contribution in [2.24, 2.45) is 0 Å². The van der Waals surface area contributed by atoms with E-state index in [0.29, 0.717) is 5.52 Å². The molecule has 7 heteroatoms. The van der Waals surface area contributed by atoms with Crippen LogP contribution in [0.3, 0.4) is 0 Å². The zero-order valence-corrected chi connectivity index (χ0v) is 13.4. The maximum absolute atomic E-state index is 13.2. The predicted octanol–water partition coefficient (Wildman–Crippen LogP) is 3.24. The van der Waals surface area contributed by atoms with Crippen molar-refractivity contribution in [2.45, 2.75) is 18.9 Å². The maximum Gasteiger partial charge on any atom is 0.305 e. The number of thiophene rings is 1. The zero-order chi connectivity index (χ0) is 17.1. The van der Waals surface area contributed by atoms with Crippen molar-refractivity contribution >= 4 is 34.1 Å². The summed E-state index contributed by atoms with van der Waals surface area (Å²) in [5.41, 5.74) is 1.36. The average Bonchev–Trinajstić information content (AvgIpc) is 3.16. The van der Waals surface area contributed by atoms with Gasteiger partial charge in [0.2, 0.25) is 5.91 Å². The molecule has 5 nitrogen and oxygen atoms in total. The summed E-state index contributed by atoms with van der Waals surface area (Å²) in [5, 5.41) is 14.4. The van der Waals surface area contributed by atoms with E-state index in [4.69, 9.17) is 5.11 Å². The van der Waals surface area contributed by atoms with Gasteiger partial charge in [0, 0.05) is 22.0 Å². The minimum absolute atomic E-state index is 0.0904. The number of carboxylic acids is 1. The lowest BCUT2D eigenvalue weighted by molar-refractivity contribution is -0.137. The smallest absolute Gasteiger partial charge is 0.305 e. The van der Waals surface area contributed by atoms with Gasteiger partial charge in [0.1, 0.15) is 5.82 Å². The highest BCUT2D eigenvalue weighted by Crippen LogP contribution is 2.23. The number of amides is 1. The van der Waals surface area contributed by atoms with Crippen LogP contribution in [0.4, 0.5) is 4.39 Å². The highest BCUT2D eigenvalue weighted by molar-refractivity contribution is 7.10. The van der Waals surface area contributed by atoms with E-state index in [-0.39, 0.29) is 24.6 Å². The molecule has 1 aromatic carbocycles. The highest BCUT2D eigenvalue weighted by Gasteiger charge is 2.19. The molecule has 1 atom stereocenters. The summed E-state index contributed by atoms with van der Waals surface area (Å²) in [5.74, 6) is -1.60. The monoisotopic (exact) mass is 346 g/mol. The lowest BCUT2D eigenvalue weighted by Crippen LogP contribution is -2.30. The van der Waals surface area contributed by atoms with E-state index >= 15 is 0 Å². The van der Waals surface area contributed by atoms with Crippen LogP contribution in [0.5, 0.6) is 0 Å². The summed E-state index contributed by atoms with van der Waals surface area (Å²) in [4.78, 5) is 27.1. The fourth-order valence-electron chi connectivity index (χ4n) is 2.61. The summed E-state index contributed by atoms with van der Waals surface area (Å²) in [6.45, 7) is 0. The predicted molar refractivity (Wildman–Crippen MR) is 89.4 cm³/mol. The third kappa shape index (κ3) is 3.62. The Morgan fingerprint density at radius 2 is 2.17 bits per heavy atom. The Bertz CT molecular complexity index is 873. The van der Waals surface area contributed by atoms with E-state index in [1.165, 1.54) is 23.5 Å². The lowest BCUT2D eigenvalue weighted by Gasteiger charge is -2.15. The molecule has 124 valence electrons. The molecule has 0 saturated heterocycles. The van der Waals surface area contributed by atoms with Crippen molar-refractivity contribution in [2.75, 3.05) is 0 Å². The van der Waals surface area contributed by atoms with Crippen LogP contribution in [0.15, 0.2) is 41.9 Å². The average molecular weight is 346 g/mol. The Labute approximate surface area is 141 Å². The van der Waals surface area contributed by atoms with Crippen LogP contribution in [-0.2, 0) is 16.0 Å². The second kappa shape index (κ2) is 6.84. The van der Waals surface area contributed by atoms with Crippen molar-refractivity contribution in [3.05, 3.63) is 58.2 Å². The molecule has 2 heterocycles. The number of aliphatic carboxylic acids is 1. The van der Waals surface area contributed by atoms with Gasteiger partial charge in [0.25, 0.3) is 0 Å². The molecule has 0 aliphatic heterocycles. The number of rotatable bonds is 6. The van der Waals surface area contributed by atoms with Gasteiger partial charge in [0.05, 0.1) is 18.9 Å². The molecule has 0 spiro atoms. The molecule has 3 rings (SSSR count). The molecule has 0 bridgehead atoms. The van der Waals surface area contributed by atoms with E-state index in [9.17, 15) is 14.0 Å². The van der Waals surface area contributed by atoms with Crippen LogP contribution in [0.2, 0.25) is 0 Å². The van der Waals surface area contributed by atoms with E-state index in [1.807, 2.05) is 11.4 Å². The molecular weight excluding hydrogens is 331 g/mol.